The maximum atomic E-state index is 12.8. The van der Waals surface area contributed by atoms with Crippen LogP contribution in [0.1, 0.15) is 24.4 Å². The molecule has 27 heavy (non-hydrogen) atoms. The summed E-state index contributed by atoms with van der Waals surface area (Å²) in [6, 6.07) is 16.6. The molecule has 7 heteroatoms. The molecule has 1 fully saturated rings. The van der Waals surface area contributed by atoms with E-state index >= 15 is 0 Å². The summed E-state index contributed by atoms with van der Waals surface area (Å²) in [5, 5.41) is 3.25. The SMILES string of the molecule is Cl.FC(F)(F)CC[C@H](c1ccc(Oc2ccccc2)cc1)N1CCNCC1. The van der Waals surface area contributed by atoms with Gasteiger partial charge in [-0.05, 0) is 36.2 Å². The molecule has 0 saturated carbocycles. The third kappa shape index (κ3) is 6.72. The number of rotatable bonds is 6. The van der Waals surface area contributed by atoms with Crippen LogP contribution in [0.25, 0.3) is 0 Å². The number of ether oxygens (including phenoxy) is 1. The molecule has 2 aromatic carbocycles. The Hall–Kier alpha value is -1.76. The molecule has 1 heterocycles. The van der Waals surface area contributed by atoms with E-state index in [1.165, 1.54) is 0 Å². The van der Waals surface area contributed by atoms with Crippen molar-refractivity contribution >= 4 is 12.4 Å². The molecule has 148 valence electrons. The summed E-state index contributed by atoms with van der Waals surface area (Å²) in [5.41, 5.74) is 0.900. The Morgan fingerprint density at radius 2 is 1.52 bits per heavy atom. The van der Waals surface area contributed by atoms with Crippen molar-refractivity contribution in [2.24, 2.45) is 0 Å². The largest absolute Gasteiger partial charge is 0.457 e. The molecule has 0 aliphatic carbocycles. The minimum Gasteiger partial charge on any atom is -0.457 e. The van der Waals surface area contributed by atoms with Crippen molar-refractivity contribution in [3.8, 4) is 11.5 Å². The van der Waals surface area contributed by atoms with Gasteiger partial charge in [-0.25, -0.2) is 0 Å². The number of para-hydroxylation sites is 1. The number of hydrogen-bond acceptors (Lipinski definition) is 3. The van der Waals surface area contributed by atoms with E-state index in [9.17, 15) is 13.2 Å². The van der Waals surface area contributed by atoms with Gasteiger partial charge in [0.25, 0.3) is 0 Å². The molecule has 1 aliphatic heterocycles. The Balaban J connectivity index is 0.00000261. The van der Waals surface area contributed by atoms with Gasteiger partial charge in [-0.15, -0.1) is 12.4 Å². The molecule has 3 nitrogen and oxygen atoms in total. The number of nitrogens with one attached hydrogen (secondary N) is 1. The van der Waals surface area contributed by atoms with Crippen LogP contribution in [0.4, 0.5) is 13.2 Å². The quantitative estimate of drug-likeness (QED) is 0.722. The number of benzene rings is 2. The van der Waals surface area contributed by atoms with E-state index in [4.69, 9.17) is 4.74 Å². The molecule has 0 radical (unpaired) electrons. The fraction of sp³-hybridized carbons (Fsp3) is 0.400. The van der Waals surface area contributed by atoms with Gasteiger partial charge in [0.1, 0.15) is 11.5 Å². The summed E-state index contributed by atoms with van der Waals surface area (Å²) >= 11 is 0. The second kappa shape index (κ2) is 9.97. The van der Waals surface area contributed by atoms with Crippen molar-refractivity contribution in [1.29, 1.82) is 0 Å². The highest BCUT2D eigenvalue weighted by atomic mass is 35.5. The third-order valence-corrected chi connectivity index (χ3v) is 4.54. The molecule has 1 N–H and O–H groups in total. The first kappa shape index (κ1) is 21.5. The Morgan fingerprint density at radius 3 is 2.11 bits per heavy atom. The van der Waals surface area contributed by atoms with Gasteiger partial charge >= 0.3 is 6.18 Å². The molecular weight excluding hydrogens is 377 g/mol. The topological polar surface area (TPSA) is 24.5 Å². The van der Waals surface area contributed by atoms with Crippen LogP contribution in [0.15, 0.2) is 54.6 Å². The summed E-state index contributed by atoms with van der Waals surface area (Å²) in [4.78, 5) is 2.13. The van der Waals surface area contributed by atoms with Crippen LogP contribution in [0.3, 0.4) is 0 Å². The average molecular weight is 401 g/mol. The van der Waals surface area contributed by atoms with Gasteiger partial charge in [0, 0.05) is 38.6 Å². The average Bonchev–Trinajstić information content (AvgIpc) is 2.64. The molecule has 0 aromatic heterocycles. The molecule has 1 atom stereocenters. The minimum atomic E-state index is -4.14. The van der Waals surface area contributed by atoms with Crippen LogP contribution in [-0.2, 0) is 0 Å². The Kier molecular flexibility index (Phi) is 7.95. The van der Waals surface area contributed by atoms with E-state index < -0.39 is 12.6 Å². The second-order valence-corrected chi connectivity index (χ2v) is 6.44. The fourth-order valence-corrected chi connectivity index (χ4v) is 3.24. The van der Waals surface area contributed by atoms with Gasteiger partial charge in [-0.1, -0.05) is 30.3 Å². The third-order valence-electron chi connectivity index (χ3n) is 4.54. The monoisotopic (exact) mass is 400 g/mol. The normalized spacial score (nSPS) is 16.4. The van der Waals surface area contributed by atoms with Crippen molar-refractivity contribution in [3.05, 3.63) is 60.2 Å². The zero-order valence-corrected chi connectivity index (χ0v) is 15.7. The van der Waals surface area contributed by atoms with E-state index in [-0.39, 0.29) is 24.9 Å². The summed E-state index contributed by atoms with van der Waals surface area (Å²) in [5.74, 6) is 1.41. The van der Waals surface area contributed by atoms with Gasteiger partial charge in [0.15, 0.2) is 0 Å². The van der Waals surface area contributed by atoms with Crippen LogP contribution in [0.5, 0.6) is 11.5 Å². The second-order valence-electron chi connectivity index (χ2n) is 6.44. The standard InChI is InChI=1S/C20H23F3N2O.ClH/c21-20(22,23)11-10-19(25-14-12-24-13-15-25)16-6-8-18(9-7-16)26-17-4-2-1-3-5-17;/h1-9,19,24H,10-15H2;1H/t19-;/m1./s1. The minimum absolute atomic E-state index is 0. The van der Waals surface area contributed by atoms with Crippen LogP contribution >= 0.6 is 12.4 Å². The van der Waals surface area contributed by atoms with E-state index in [1.54, 1.807) is 0 Å². The smallest absolute Gasteiger partial charge is 0.389 e. The molecule has 0 spiro atoms. The number of halogens is 4. The summed E-state index contributed by atoms with van der Waals surface area (Å²) in [7, 11) is 0. The predicted octanol–water partition coefficient (Wildman–Crippen LogP) is 5.19. The number of nitrogens with zero attached hydrogens (tertiary/aromatic N) is 1. The lowest BCUT2D eigenvalue weighted by Crippen LogP contribution is -2.45. The maximum absolute atomic E-state index is 12.8. The van der Waals surface area contributed by atoms with Crippen LogP contribution in [0.2, 0.25) is 0 Å². The lowest BCUT2D eigenvalue weighted by atomic mass is 9.99. The number of hydrogen-bond donors (Lipinski definition) is 1. The summed E-state index contributed by atoms with van der Waals surface area (Å²) in [6.07, 6.45) is -4.84. The number of alkyl halides is 3. The predicted molar refractivity (Wildman–Crippen MR) is 103 cm³/mol. The Labute approximate surface area is 163 Å². The molecule has 1 aliphatic rings. The molecule has 1 saturated heterocycles. The van der Waals surface area contributed by atoms with Crippen LogP contribution in [-0.4, -0.2) is 37.3 Å². The van der Waals surface area contributed by atoms with Crippen molar-refractivity contribution in [3.63, 3.8) is 0 Å². The van der Waals surface area contributed by atoms with E-state index in [1.807, 2.05) is 54.6 Å². The summed E-state index contributed by atoms with van der Waals surface area (Å²) in [6.45, 7) is 3.12. The van der Waals surface area contributed by atoms with Gasteiger partial charge in [-0.2, -0.15) is 13.2 Å². The van der Waals surface area contributed by atoms with Gasteiger partial charge in [0.05, 0.1) is 0 Å². The zero-order chi connectivity index (χ0) is 18.4. The van der Waals surface area contributed by atoms with Gasteiger partial charge in [-0.3, -0.25) is 4.90 Å². The van der Waals surface area contributed by atoms with E-state index in [0.717, 1.165) is 37.5 Å². The van der Waals surface area contributed by atoms with Gasteiger partial charge in [0.2, 0.25) is 0 Å². The first-order chi connectivity index (χ1) is 12.5. The van der Waals surface area contributed by atoms with Crippen LogP contribution in [0, 0.1) is 0 Å². The van der Waals surface area contributed by atoms with Gasteiger partial charge < -0.3 is 10.1 Å². The first-order valence-electron chi connectivity index (χ1n) is 8.86. The lowest BCUT2D eigenvalue weighted by molar-refractivity contribution is -0.138. The molecular formula is C20H24ClF3N2O. The Bertz CT molecular complexity index is 674. The molecule has 2 aromatic rings. The first-order valence-corrected chi connectivity index (χ1v) is 8.86. The lowest BCUT2D eigenvalue weighted by Gasteiger charge is -2.35. The Morgan fingerprint density at radius 1 is 0.926 bits per heavy atom. The van der Waals surface area contributed by atoms with Crippen molar-refractivity contribution in [2.75, 3.05) is 26.2 Å². The zero-order valence-electron chi connectivity index (χ0n) is 14.9. The van der Waals surface area contributed by atoms with Crippen LogP contribution < -0.4 is 10.1 Å². The van der Waals surface area contributed by atoms with E-state index in [2.05, 4.69) is 10.2 Å². The molecule has 0 amide bonds. The highest BCUT2D eigenvalue weighted by Crippen LogP contribution is 2.33. The maximum Gasteiger partial charge on any atom is 0.389 e. The van der Waals surface area contributed by atoms with Crippen molar-refractivity contribution in [2.45, 2.75) is 25.1 Å². The highest BCUT2D eigenvalue weighted by molar-refractivity contribution is 5.85. The molecule has 3 rings (SSSR count). The highest BCUT2D eigenvalue weighted by Gasteiger charge is 2.31. The number of piperazine rings is 1. The van der Waals surface area contributed by atoms with Crippen molar-refractivity contribution < 1.29 is 17.9 Å². The fourth-order valence-electron chi connectivity index (χ4n) is 3.24. The van der Waals surface area contributed by atoms with Crippen molar-refractivity contribution in [1.82, 2.24) is 10.2 Å². The summed E-state index contributed by atoms with van der Waals surface area (Å²) < 4.78 is 44.0. The molecule has 0 unspecified atom stereocenters. The van der Waals surface area contributed by atoms with E-state index in [0.29, 0.717) is 5.75 Å². The molecule has 0 bridgehead atoms.